The number of nitrogens with zero attached hydrogens (tertiary/aromatic N) is 2. The fraction of sp³-hybridized carbons (Fsp3) is 0.167. The lowest BCUT2D eigenvalue weighted by atomic mass is 10.0. The van der Waals surface area contributed by atoms with E-state index in [-0.39, 0.29) is 6.04 Å². The molecule has 0 aliphatic heterocycles. The first-order valence-electron chi connectivity index (χ1n) is 9.64. The van der Waals surface area contributed by atoms with Crippen LogP contribution in [0.15, 0.2) is 67.4 Å². The number of hydrogen-bond donors (Lipinski definition) is 2. The van der Waals surface area contributed by atoms with Gasteiger partial charge in [-0.1, -0.05) is 43.0 Å². The van der Waals surface area contributed by atoms with Crippen LogP contribution in [0.1, 0.15) is 17.0 Å². The Labute approximate surface area is 170 Å². The summed E-state index contributed by atoms with van der Waals surface area (Å²) in [5.74, 6) is 0.693. The molecule has 146 valence electrons. The molecule has 2 aromatic carbocycles. The highest BCUT2D eigenvalue weighted by Crippen LogP contribution is 2.30. The molecule has 5 heteroatoms. The molecule has 3 N–H and O–H groups in total. The minimum absolute atomic E-state index is 0.0927. The van der Waals surface area contributed by atoms with Crippen LogP contribution >= 0.6 is 0 Å². The van der Waals surface area contributed by atoms with Crippen LogP contribution in [-0.4, -0.2) is 27.8 Å². The Morgan fingerprint density at radius 3 is 2.79 bits per heavy atom. The molecule has 0 aliphatic carbocycles. The number of nitrogens with one attached hydrogen (secondary N) is 1. The maximum Gasteiger partial charge on any atom is 0.138 e. The summed E-state index contributed by atoms with van der Waals surface area (Å²) in [6.45, 7) is 6.30. The Hall–Kier alpha value is -3.44. The smallest absolute Gasteiger partial charge is 0.138 e. The van der Waals surface area contributed by atoms with Gasteiger partial charge in [0.15, 0.2) is 0 Å². The van der Waals surface area contributed by atoms with Crippen molar-refractivity contribution in [2.75, 3.05) is 6.61 Å². The number of aromatic nitrogens is 3. The Balaban J connectivity index is 1.54. The number of rotatable bonds is 7. The largest absolute Gasteiger partial charge is 0.490 e. The van der Waals surface area contributed by atoms with Crippen molar-refractivity contribution in [2.24, 2.45) is 5.73 Å². The molecular weight excluding hydrogens is 360 g/mol. The summed E-state index contributed by atoms with van der Waals surface area (Å²) in [6, 6.07) is 18.3. The first kappa shape index (κ1) is 18.9. The number of nitrogens with two attached hydrogens (primary N) is 1. The zero-order valence-electron chi connectivity index (χ0n) is 16.4. The zero-order valence-corrected chi connectivity index (χ0v) is 16.4. The number of fused-ring (bicyclic) bond motifs is 1. The van der Waals surface area contributed by atoms with Crippen LogP contribution in [0.5, 0.6) is 5.75 Å². The fourth-order valence-corrected chi connectivity index (χ4v) is 3.42. The number of aryl methyl sites for hydroxylation is 1. The second-order valence-electron chi connectivity index (χ2n) is 7.14. The summed E-state index contributed by atoms with van der Waals surface area (Å²) in [5, 5.41) is 8.40. The van der Waals surface area contributed by atoms with Gasteiger partial charge in [0.25, 0.3) is 0 Å². The lowest BCUT2D eigenvalue weighted by Crippen LogP contribution is -2.30. The number of benzene rings is 2. The average Bonchev–Trinajstić information content (AvgIpc) is 3.13. The van der Waals surface area contributed by atoms with Crippen molar-refractivity contribution in [3.63, 3.8) is 0 Å². The van der Waals surface area contributed by atoms with Gasteiger partial charge in [-0.05, 0) is 48.7 Å². The van der Waals surface area contributed by atoms with E-state index >= 15 is 0 Å². The van der Waals surface area contributed by atoms with Crippen molar-refractivity contribution < 1.29 is 4.74 Å². The van der Waals surface area contributed by atoms with Crippen molar-refractivity contribution in [1.82, 2.24) is 15.2 Å². The molecule has 4 aromatic rings. The van der Waals surface area contributed by atoms with E-state index in [0.717, 1.165) is 39.8 Å². The lowest BCUT2D eigenvalue weighted by molar-refractivity contribution is 0.286. The number of H-pyrrole nitrogens is 1. The molecule has 2 heterocycles. The van der Waals surface area contributed by atoms with Gasteiger partial charge in [0, 0.05) is 17.0 Å². The molecule has 1 atom stereocenters. The first-order valence-corrected chi connectivity index (χ1v) is 9.64. The summed E-state index contributed by atoms with van der Waals surface area (Å²) >= 11 is 0. The van der Waals surface area contributed by atoms with E-state index in [1.807, 2.05) is 37.3 Å². The number of ether oxygens (including phenoxy) is 1. The molecule has 4 rings (SSSR count). The molecular formula is C24H24N4O. The Bertz CT molecular complexity index is 1130. The summed E-state index contributed by atoms with van der Waals surface area (Å²) in [7, 11) is 0. The molecule has 0 saturated heterocycles. The van der Waals surface area contributed by atoms with Gasteiger partial charge in [-0.3, -0.25) is 10.1 Å². The highest BCUT2D eigenvalue weighted by atomic mass is 16.5. The minimum atomic E-state index is -0.0927. The van der Waals surface area contributed by atoms with Crippen LogP contribution in [0.3, 0.4) is 0 Å². The van der Waals surface area contributed by atoms with Crippen LogP contribution in [-0.2, 0) is 6.42 Å². The Morgan fingerprint density at radius 1 is 1.17 bits per heavy atom. The van der Waals surface area contributed by atoms with E-state index in [0.29, 0.717) is 12.4 Å². The summed E-state index contributed by atoms with van der Waals surface area (Å²) < 4.78 is 5.96. The topological polar surface area (TPSA) is 76.8 Å². The van der Waals surface area contributed by atoms with Gasteiger partial charge in [0.2, 0.25) is 0 Å². The average molecular weight is 384 g/mol. The van der Waals surface area contributed by atoms with E-state index < -0.39 is 0 Å². The van der Waals surface area contributed by atoms with E-state index in [1.54, 1.807) is 12.3 Å². The quantitative estimate of drug-likeness (QED) is 0.491. The van der Waals surface area contributed by atoms with Crippen LogP contribution in [0.25, 0.3) is 28.1 Å². The first-order chi connectivity index (χ1) is 14.1. The molecule has 0 bridgehead atoms. The van der Waals surface area contributed by atoms with Crippen molar-refractivity contribution in [3.8, 4) is 16.9 Å². The van der Waals surface area contributed by atoms with E-state index in [4.69, 9.17) is 10.5 Å². The van der Waals surface area contributed by atoms with E-state index in [2.05, 4.69) is 46.0 Å². The standard InChI is InChI=1S/C24H24N4O/c1-3-23-22(18-9-10-24-21(12-18)16(2)27-28-24)13-20(14-26-23)29-15-19(25)11-17-7-5-4-6-8-17/h3-10,12-14,19H,1,11,15,25H2,2H3,(H,27,28)/t19-/m0/s1. The Kier molecular flexibility index (Phi) is 5.40. The maximum absolute atomic E-state index is 6.25. The van der Waals surface area contributed by atoms with Crippen LogP contribution in [0, 0.1) is 6.92 Å². The highest BCUT2D eigenvalue weighted by molar-refractivity contribution is 5.88. The Morgan fingerprint density at radius 2 is 2.00 bits per heavy atom. The molecule has 0 aliphatic rings. The summed E-state index contributed by atoms with van der Waals surface area (Å²) in [4.78, 5) is 4.52. The van der Waals surface area contributed by atoms with Crippen LogP contribution in [0.2, 0.25) is 0 Å². The SMILES string of the molecule is C=Cc1ncc(OC[C@@H](N)Cc2ccccc2)cc1-c1ccc2[nH]nc(C)c2c1. The molecule has 0 saturated carbocycles. The van der Waals surface area contributed by atoms with Crippen LogP contribution < -0.4 is 10.5 Å². The monoisotopic (exact) mass is 384 g/mol. The van der Waals surface area contributed by atoms with E-state index in [1.165, 1.54) is 5.56 Å². The van der Waals surface area contributed by atoms with E-state index in [9.17, 15) is 0 Å². The summed E-state index contributed by atoms with van der Waals surface area (Å²) in [5.41, 5.74) is 12.3. The predicted molar refractivity (Wildman–Crippen MR) is 118 cm³/mol. The van der Waals surface area contributed by atoms with Crippen molar-refractivity contribution in [3.05, 3.63) is 84.3 Å². The van der Waals surface area contributed by atoms with Gasteiger partial charge >= 0.3 is 0 Å². The molecule has 0 radical (unpaired) electrons. The normalized spacial score (nSPS) is 12.1. The van der Waals surface area contributed by atoms with Crippen molar-refractivity contribution in [2.45, 2.75) is 19.4 Å². The molecule has 2 aromatic heterocycles. The van der Waals surface area contributed by atoms with Gasteiger partial charge in [-0.15, -0.1) is 0 Å². The third kappa shape index (κ3) is 4.20. The third-order valence-electron chi connectivity index (χ3n) is 4.96. The maximum atomic E-state index is 6.25. The van der Waals surface area contributed by atoms with Crippen molar-refractivity contribution in [1.29, 1.82) is 0 Å². The number of pyridine rings is 1. The molecule has 0 unspecified atom stereocenters. The third-order valence-corrected chi connectivity index (χ3v) is 4.96. The second-order valence-corrected chi connectivity index (χ2v) is 7.14. The van der Waals surface area contributed by atoms with Gasteiger partial charge < -0.3 is 10.5 Å². The molecule has 0 amide bonds. The zero-order chi connectivity index (χ0) is 20.2. The number of aromatic amines is 1. The van der Waals surface area contributed by atoms with Crippen LogP contribution in [0.4, 0.5) is 0 Å². The number of hydrogen-bond acceptors (Lipinski definition) is 4. The lowest BCUT2D eigenvalue weighted by Gasteiger charge is -2.15. The van der Waals surface area contributed by atoms with Gasteiger partial charge in [0.05, 0.1) is 23.1 Å². The molecule has 0 fully saturated rings. The van der Waals surface area contributed by atoms with Gasteiger partial charge in [0.1, 0.15) is 12.4 Å². The highest BCUT2D eigenvalue weighted by Gasteiger charge is 2.11. The van der Waals surface area contributed by atoms with Gasteiger partial charge in [-0.25, -0.2) is 0 Å². The molecule has 29 heavy (non-hydrogen) atoms. The second kappa shape index (κ2) is 8.29. The molecule has 0 spiro atoms. The minimum Gasteiger partial charge on any atom is -0.490 e. The predicted octanol–water partition coefficient (Wildman–Crippen LogP) is 4.53. The van der Waals surface area contributed by atoms with Crippen molar-refractivity contribution >= 4 is 17.0 Å². The summed E-state index contributed by atoms with van der Waals surface area (Å²) in [6.07, 6.45) is 4.24. The van der Waals surface area contributed by atoms with Gasteiger partial charge in [-0.2, -0.15) is 5.10 Å². The fourth-order valence-electron chi connectivity index (χ4n) is 3.42. The molecule has 5 nitrogen and oxygen atoms in total.